The fourth-order valence-corrected chi connectivity index (χ4v) is 4.76. The molecule has 0 aliphatic heterocycles. The molecule has 0 heterocycles. The zero-order chi connectivity index (χ0) is 12.6. The van der Waals surface area contributed by atoms with Gasteiger partial charge in [-0.05, 0) is 69.2 Å². The summed E-state index contributed by atoms with van der Waals surface area (Å²) >= 11 is 0. The molecule has 0 saturated heterocycles. The average molecular weight is 252 g/mol. The summed E-state index contributed by atoms with van der Waals surface area (Å²) < 4.78 is 5.19. The second kappa shape index (κ2) is 4.72. The Morgan fingerprint density at radius 2 is 1.72 bits per heavy atom. The van der Waals surface area contributed by atoms with E-state index < -0.39 is 0 Å². The number of amides is 1. The molecule has 0 atom stereocenters. The van der Waals surface area contributed by atoms with Crippen molar-refractivity contribution in [2.45, 2.75) is 50.5 Å². The van der Waals surface area contributed by atoms with Crippen molar-refractivity contribution in [1.29, 1.82) is 0 Å². The summed E-state index contributed by atoms with van der Waals surface area (Å²) in [6.45, 7) is 1.01. The first-order valence-corrected chi connectivity index (χ1v) is 7.34. The number of hydrogen-bond donors (Lipinski definition) is 2. The molecular formula is C14H24N2O2. The second-order valence-corrected chi connectivity index (χ2v) is 6.60. The van der Waals surface area contributed by atoms with Gasteiger partial charge >= 0.3 is 6.09 Å². The Morgan fingerprint density at radius 1 is 1.17 bits per heavy atom. The van der Waals surface area contributed by atoms with E-state index in [-0.39, 0.29) is 11.6 Å². The Kier molecular flexibility index (Phi) is 3.22. The van der Waals surface area contributed by atoms with Crippen LogP contribution in [0.3, 0.4) is 0 Å². The van der Waals surface area contributed by atoms with Gasteiger partial charge in [0.2, 0.25) is 0 Å². The van der Waals surface area contributed by atoms with Crippen LogP contribution in [-0.4, -0.2) is 24.8 Å². The molecule has 1 amide bonds. The van der Waals surface area contributed by atoms with Crippen molar-refractivity contribution in [3.8, 4) is 0 Å². The summed E-state index contributed by atoms with van der Waals surface area (Å²) in [7, 11) is 0. The van der Waals surface area contributed by atoms with Gasteiger partial charge in [0.25, 0.3) is 0 Å². The third kappa shape index (κ3) is 2.35. The van der Waals surface area contributed by atoms with E-state index in [4.69, 9.17) is 10.5 Å². The Morgan fingerprint density at radius 3 is 2.22 bits per heavy atom. The zero-order valence-electron chi connectivity index (χ0n) is 11.0. The highest BCUT2D eigenvalue weighted by Gasteiger charge is 2.51. The lowest BCUT2D eigenvalue weighted by molar-refractivity contribution is -0.0190. The quantitative estimate of drug-likeness (QED) is 0.752. The van der Waals surface area contributed by atoms with Gasteiger partial charge in [-0.1, -0.05) is 0 Å². The Balaban J connectivity index is 1.57. The van der Waals surface area contributed by atoms with Crippen LogP contribution in [0, 0.1) is 17.8 Å². The van der Waals surface area contributed by atoms with Crippen molar-refractivity contribution in [1.82, 2.24) is 5.32 Å². The number of alkyl carbamates (subject to hydrolysis) is 1. The van der Waals surface area contributed by atoms with Gasteiger partial charge in [-0.3, -0.25) is 0 Å². The molecule has 4 rings (SSSR count). The molecule has 102 valence electrons. The number of nitrogens with one attached hydrogen (secondary N) is 1. The number of rotatable bonds is 4. The lowest BCUT2D eigenvalue weighted by atomic mass is 9.53. The largest absolute Gasteiger partial charge is 0.450 e. The number of ether oxygens (including phenoxy) is 1. The molecule has 4 saturated carbocycles. The van der Waals surface area contributed by atoms with Crippen LogP contribution in [0.2, 0.25) is 0 Å². The van der Waals surface area contributed by atoms with Crippen LogP contribution in [0.25, 0.3) is 0 Å². The Bertz CT molecular complexity index is 294. The number of hydrogen-bond acceptors (Lipinski definition) is 3. The lowest BCUT2D eigenvalue weighted by Gasteiger charge is -2.56. The summed E-state index contributed by atoms with van der Waals surface area (Å²) in [6.07, 6.45) is 8.20. The summed E-state index contributed by atoms with van der Waals surface area (Å²) in [5.41, 5.74) is 5.45. The molecule has 0 aromatic carbocycles. The Hall–Kier alpha value is -0.770. The molecule has 0 aromatic rings. The highest BCUT2D eigenvalue weighted by molar-refractivity contribution is 5.68. The minimum atomic E-state index is -0.231. The lowest BCUT2D eigenvalue weighted by Crippen LogP contribution is -2.59. The molecule has 4 aliphatic rings. The van der Waals surface area contributed by atoms with Crippen molar-refractivity contribution < 1.29 is 9.53 Å². The first-order chi connectivity index (χ1) is 8.69. The summed E-state index contributed by atoms with van der Waals surface area (Å²) in [5.74, 6) is 2.54. The van der Waals surface area contributed by atoms with Crippen LogP contribution in [-0.2, 0) is 4.74 Å². The predicted molar refractivity (Wildman–Crippen MR) is 69.1 cm³/mol. The fourth-order valence-electron chi connectivity index (χ4n) is 4.76. The predicted octanol–water partition coefficient (Wildman–Crippen LogP) is 2.03. The first kappa shape index (κ1) is 12.3. The zero-order valence-corrected chi connectivity index (χ0v) is 11.0. The van der Waals surface area contributed by atoms with E-state index in [2.05, 4.69) is 5.32 Å². The van der Waals surface area contributed by atoms with E-state index in [9.17, 15) is 4.79 Å². The van der Waals surface area contributed by atoms with Crippen molar-refractivity contribution >= 4 is 6.09 Å². The van der Waals surface area contributed by atoms with Gasteiger partial charge < -0.3 is 15.8 Å². The minimum Gasteiger partial charge on any atom is -0.450 e. The highest BCUT2D eigenvalue weighted by atomic mass is 16.5. The topological polar surface area (TPSA) is 64.3 Å². The van der Waals surface area contributed by atoms with Gasteiger partial charge in [-0.2, -0.15) is 0 Å². The van der Waals surface area contributed by atoms with E-state index in [0.717, 1.165) is 24.2 Å². The standard InChI is InChI=1S/C14H24N2O2/c15-2-1-3-18-13(17)16-14-7-10-4-11(8-14)6-12(5-10)9-14/h10-12H,1-9,15H2,(H,16,17). The van der Waals surface area contributed by atoms with Crippen LogP contribution in [0.1, 0.15) is 44.9 Å². The molecule has 3 N–H and O–H groups in total. The van der Waals surface area contributed by atoms with Crippen molar-refractivity contribution in [2.24, 2.45) is 23.5 Å². The minimum absolute atomic E-state index is 0.0640. The van der Waals surface area contributed by atoms with Crippen LogP contribution in [0.4, 0.5) is 4.79 Å². The van der Waals surface area contributed by atoms with Gasteiger partial charge in [0.1, 0.15) is 0 Å². The monoisotopic (exact) mass is 252 g/mol. The summed E-state index contributed by atoms with van der Waals surface area (Å²) in [4.78, 5) is 11.8. The van der Waals surface area contributed by atoms with Crippen LogP contribution < -0.4 is 11.1 Å². The van der Waals surface area contributed by atoms with Gasteiger partial charge in [0.05, 0.1) is 6.61 Å². The molecule has 0 aromatic heterocycles. The van der Waals surface area contributed by atoms with Crippen molar-refractivity contribution in [3.63, 3.8) is 0 Å². The summed E-state index contributed by atoms with van der Waals surface area (Å²) in [6, 6.07) is 0. The maximum Gasteiger partial charge on any atom is 0.407 e. The van der Waals surface area contributed by atoms with Crippen molar-refractivity contribution in [3.05, 3.63) is 0 Å². The highest BCUT2D eigenvalue weighted by Crippen LogP contribution is 2.55. The van der Waals surface area contributed by atoms with E-state index in [1.165, 1.54) is 38.5 Å². The molecule has 0 radical (unpaired) electrons. The molecule has 0 spiro atoms. The second-order valence-electron chi connectivity index (χ2n) is 6.60. The van der Waals surface area contributed by atoms with Crippen LogP contribution in [0.15, 0.2) is 0 Å². The Labute approximate surface area is 109 Å². The molecule has 4 aliphatic carbocycles. The SMILES string of the molecule is NCCCOC(=O)NC12CC3CC(CC(C3)C1)C2. The van der Waals surface area contributed by atoms with E-state index >= 15 is 0 Å². The van der Waals surface area contributed by atoms with Crippen LogP contribution >= 0.6 is 0 Å². The maximum atomic E-state index is 11.8. The first-order valence-electron chi connectivity index (χ1n) is 7.34. The van der Waals surface area contributed by atoms with E-state index in [1.54, 1.807) is 0 Å². The molecule has 0 unspecified atom stereocenters. The average Bonchev–Trinajstić information content (AvgIpc) is 2.26. The molecule has 4 fully saturated rings. The van der Waals surface area contributed by atoms with Crippen LogP contribution in [0.5, 0.6) is 0 Å². The molecular weight excluding hydrogens is 228 g/mol. The third-order valence-corrected chi connectivity index (χ3v) is 4.99. The number of carbonyl (C=O) groups is 1. The molecule has 18 heavy (non-hydrogen) atoms. The fraction of sp³-hybridized carbons (Fsp3) is 0.929. The van der Waals surface area contributed by atoms with Gasteiger partial charge in [-0.25, -0.2) is 4.79 Å². The molecule has 4 nitrogen and oxygen atoms in total. The molecule has 4 bridgehead atoms. The van der Waals surface area contributed by atoms with Crippen molar-refractivity contribution in [2.75, 3.05) is 13.2 Å². The van der Waals surface area contributed by atoms with E-state index in [1.807, 2.05) is 0 Å². The smallest absolute Gasteiger partial charge is 0.407 e. The van der Waals surface area contributed by atoms with Gasteiger partial charge in [-0.15, -0.1) is 0 Å². The van der Waals surface area contributed by atoms with E-state index in [0.29, 0.717) is 13.2 Å². The maximum absolute atomic E-state index is 11.8. The number of carbonyl (C=O) groups excluding carboxylic acids is 1. The molecule has 4 heteroatoms. The number of nitrogens with two attached hydrogens (primary N) is 1. The third-order valence-electron chi connectivity index (χ3n) is 4.99. The van der Waals surface area contributed by atoms with Gasteiger partial charge in [0.15, 0.2) is 0 Å². The summed E-state index contributed by atoms with van der Waals surface area (Å²) in [5, 5.41) is 3.18. The van der Waals surface area contributed by atoms with Gasteiger partial charge in [0, 0.05) is 5.54 Å². The normalized spacial score (nSPS) is 40.8.